The first-order valence-electron chi connectivity index (χ1n) is 8.86. The highest BCUT2D eigenvalue weighted by Gasteiger charge is 2.28. The summed E-state index contributed by atoms with van der Waals surface area (Å²) < 4.78 is 28.1. The minimum absolute atomic E-state index is 0.0605. The van der Waals surface area contributed by atoms with Gasteiger partial charge in [-0.2, -0.15) is 0 Å². The molecule has 1 heterocycles. The molecule has 0 atom stereocenters. The van der Waals surface area contributed by atoms with E-state index in [1.807, 2.05) is 0 Å². The number of ketones is 1. The summed E-state index contributed by atoms with van der Waals surface area (Å²) in [5.74, 6) is -1.51. The molecule has 0 saturated carbocycles. The van der Waals surface area contributed by atoms with Crippen LogP contribution in [0.15, 0.2) is 71.8 Å². The van der Waals surface area contributed by atoms with Gasteiger partial charge >= 0.3 is 0 Å². The van der Waals surface area contributed by atoms with Gasteiger partial charge in [0.05, 0.1) is 13.1 Å². The molecule has 0 N–H and O–H groups in total. The Kier molecular flexibility index (Phi) is 5.94. The monoisotopic (exact) mass is 379 g/mol. The number of Topliss-reactive ketones (excluding diaryl/α,β-unsaturated/α-hetero) is 1. The fraction of sp³-hybridized carbons (Fsp3) is 0.130. The fourth-order valence-corrected chi connectivity index (χ4v) is 3.00. The standard InChI is InChI=1S/C23H19F2NO2/c1-2-7-22(27)26-14-18(12-16-8-3-5-10-20(16)24)23(28)19(15-26)13-17-9-4-6-11-21(17)25/h2-13H,14-15H2,1H3/b7-2+,18-12+,19-13+. The van der Waals surface area contributed by atoms with Crippen LogP contribution in [0, 0.1) is 11.6 Å². The van der Waals surface area contributed by atoms with Crippen LogP contribution in [0.5, 0.6) is 0 Å². The van der Waals surface area contributed by atoms with E-state index in [0.717, 1.165) is 0 Å². The fourth-order valence-electron chi connectivity index (χ4n) is 3.00. The maximum absolute atomic E-state index is 14.0. The van der Waals surface area contributed by atoms with Gasteiger partial charge in [-0.15, -0.1) is 0 Å². The molecule has 2 aromatic rings. The summed E-state index contributed by atoms with van der Waals surface area (Å²) in [6.07, 6.45) is 5.90. The highest BCUT2D eigenvalue weighted by atomic mass is 19.1. The molecule has 2 aromatic carbocycles. The molecule has 0 unspecified atom stereocenters. The zero-order chi connectivity index (χ0) is 20.1. The molecule has 0 bridgehead atoms. The summed E-state index contributed by atoms with van der Waals surface area (Å²) in [6.45, 7) is 1.84. The molecule has 28 heavy (non-hydrogen) atoms. The molecule has 0 aromatic heterocycles. The quantitative estimate of drug-likeness (QED) is 0.741. The number of piperidine rings is 1. The maximum Gasteiger partial charge on any atom is 0.246 e. The summed E-state index contributed by atoms with van der Waals surface area (Å²) in [4.78, 5) is 26.8. The number of rotatable bonds is 3. The molecule has 1 saturated heterocycles. The highest BCUT2D eigenvalue weighted by molar-refractivity contribution is 6.15. The van der Waals surface area contributed by atoms with Crippen LogP contribution >= 0.6 is 0 Å². The Balaban J connectivity index is 2.05. The highest BCUT2D eigenvalue weighted by Crippen LogP contribution is 2.24. The number of halogens is 2. The summed E-state index contributed by atoms with van der Waals surface area (Å²) in [6, 6.07) is 12.2. The third-order valence-corrected chi connectivity index (χ3v) is 4.40. The van der Waals surface area contributed by atoms with Crippen LogP contribution in [0.25, 0.3) is 12.2 Å². The van der Waals surface area contributed by atoms with Crippen molar-refractivity contribution >= 4 is 23.8 Å². The smallest absolute Gasteiger partial charge is 0.246 e. The number of allylic oxidation sites excluding steroid dienone is 1. The lowest BCUT2D eigenvalue weighted by atomic mass is 9.94. The van der Waals surface area contributed by atoms with Gasteiger partial charge in [-0.3, -0.25) is 9.59 Å². The minimum Gasteiger partial charge on any atom is -0.330 e. The lowest BCUT2D eigenvalue weighted by molar-refractivity contribution is -0.126. The Bertz CT molecular complexity index is 938. The van der Waals surface area contributed by atoms with E-state index in [1.165, 1.54) is 35.3 Å². The van der Waals surface area contributed by atoms with E-state index >= 15 is 0 Å². The Hall–Kier alpha value is -3.34. The molecule has 3 rings (SSSR count). The van der Waals surface area contributed by atoms with Gasteiger partial charge in [-0.1, -0.05) is 42.5 Å². The molecule has 1 aliphatic rings. The van der Waals surface area contributed by atoms with Crippen molar-refractivity contribution in [3.8, 4) is 0 Å². The van der Waals surface area contributed by atoms with Crippen LogP contribution in [0.1, 0.15) is 18.1 Å². The second kappa shape index (κ2) is 8.57. The summed E-state index contributed by atoms with van der Waals surface area (Å²) in [5.41, 5.74) is 1.07. The van der Waals surface area contributed by atoms with E-state index in [4.69, 9.17) is 0 Å². The van der Waals surface area contributed by atoms with Crippen LogP contribution in [0.2, 0.25) is 0 Å². The molecule has 0 aliphatic carbocycles. The van der Waals surface area contributed by atoms with Crippen molar-refractivity contribution in [2.75, 3.05) is 13.1 Å². The second-order valence-corrected chi connectivity index (χ2v) is 6.41. The Morgan fingerprint density at radius 1 is 0.893 bits per heavy atom. The Morgan fingerprint density at radius 3 is 1.79 bits per heavy atom. The predicted octanol–water partition coefficient (Wildman–Crippen LogP) is 4.42. The van der Waals surface area contributed by atoms with E-state index < -0.39 is 11.6 Å². The average Bonchev–Trinajstić information content (AvgIpc) is 2.68. The summed E-state index contributed by atoms with van der Waals surface area (Å²) in [7, 11) is 0. The molecule has 5 heteroatoms. The van der Waals surface area contributed by atoms with Crippen LogP contribution in [0.4, 0.5) is 8.78 Å². The first-order valence-corrected chi connectivity index (χ1v) is 8.86. The normalized spacial score (nSPS) is 17.7. The van der Waals surface area contributed by atoms with Gasteiger partial charge in [0.15, 0.2) is 5.78 Å². The first kappa shape index (κ1) is 19.4. The van der Waals surface area contributed by atoms with Crippen LogP contribution in [-0.4, -0.2) is 29.7 Å². The van der Waals surface area contributed by atoms with Gasteiger partial charge in [-0.25, -0.2) is 8.78 Å². The molecule has 3 nitrogen and oxygen atoms in total. The van der Waals surface area contributed by atoms with Gasteiger partial charge < -0.3 is 4.90 Å². The maximum atomic E-state index is 14.0. The van der Waals surface area contributed by atoms with Crippen LogP contribution in [0.3, 0.4) is 0 Å². The van der Waals surface area contributed by atoms with Crippen molar-refractivity contribution in [2.45, 2.75) is 6.92 Å². The van der Waals surface area contributed by atoms with Crippen molar-refractivity contribution < 1.29 is 18.4 Å². The van der Waals surface area contributed by atoms with E-state index in [0.29, 0.717) is 0 Å². The largest absolute Gasteiger partial charge is 0.330 e. The first-order chi connectivity index (χ1) is 13.5. The zero-order valence-corrected chi connectivity index (χ0v) is 15.4. The predicted molar refractivity (Wildman–Crippen MR) is 105 cm³/mol. The lowest BCUT2D eigenvalue weighted by Gasteiger charge is -2.29. The van der Waals surface area contributed by atoms with Crippen molar-refractivity contribution in [1.82, 2.24) is 4.90 Å². The average molecular weight is 379 g/mol. The minimum atomic E-state index is -0.459. The summed E-state index contributed by atoms with van der Waals surface area (Å²) in [5, 5.41) is 0. The van der Waals surface area contributed by atoms with Gasteiger partial charge in [-0.05, 0) is 37.3 Å². The van der Waals surface area contributed by atoms with Crippen molar-refractivity contribution in [3.05, 3.63) is 94.6 Å². The molecular formula is C23H19F2NO2. The number of carbonyl (C=O) groups excluding carboxylic acids is 2. The van der Waals surface area contributed by atoms with E-state index in [1.54, 1.807) is 49.4 Å². The summed E-state index contributed by atoms with van der Waals surface area (Å²) >= 11 is 0. The van der Waals surface area contributed by atoms with Gasteiger partial charge in [0.1, 0.15) is 11.6 Å². The van der Waals surface area contributed by atoms with Crippen molar-refractivity contribution in [3.63, 3.8) is 0 Å². The number of hydrogen-bond donors (Lipinski definition) is 0. The van der Waals surface area contributed by atoms with E-state index in [2.05, 4.69) is 0 Å². The molecule has 1 aliphatic heterocycles. The Labute approximate surface area is 162 Å². The van der Waals surface area contributed by atoms with E-state index in [9.17, 15) is 18.4 Å². The SMILES string of the molecule is C/C=C/C(=O)N1C/C(=C\c2ccccc2F)C(=O)/C(=C/c2ccccc2F)C1. The molecule has 1 amide bonds. The molecule has 1 fully saturated rings. The Morgan fingerprint density at radius 2 is 1.36 bits per heavy atom. The molecular weight excluding hydrogens is 360 g/mol. The molecule has 142 valence electrons. The third-order valence-electron chi connectivity index (χ3n) is 4.40. The van der Waals surface area contributed by atoms with Crippen LogP contribution < -0.4 is 0 Å². The van der Waals surface area contributed by atoms with E-state index in [-0.39, 0.29) is 47.1 Å². The number of nitrogens with zero attached hydrogens (tertiary/aromatic N) is 1. The third kappa shape index (κ3) is 4.31. The molecule has 0 radical (unpaired) electrons. The van der Waals surface area contributed by atoms with Crippen molar-refractivity contribution in [2.24, 2.45) is 0 Å². The number of hydrogen-bond acceptors (Lipinski definition) is 2. The van der Waals surface area contributed by atoms with Gasteiger partial charge in [0.2, 0.25) is 5.91 Å². The topological polar surface area (TPSA) is 37.4 Å². The second-order valence-electron chi connectivity index (χ2n) is 6.41. The number of carbonyl (C=O) groups is 2. The molecule has 0 spiro atoms. The lowest BCUT2D eigenvalue weighted by Crippen LogP contribution is -2.40. The number of amides is 1. The number of benzene rings is 2. The van der Waals surface area contributed by atoms with Crippen LogP contribution in [-0.2, 0) is 9.59 Å². The van der Waals surface area contributed by atoms with Crippen molar-refractivity contribution in [1.29, 1.82) is 0 Å². The van der Waals surface area contributed by atoms with Gasteiger partial charge in [0, 0.05) is 22.3 Å². The van der Waals surface area contributed by atoms with Gasteiger partial charge in [0.25, 0.3) is 0 Å². The number of likely N-dealkylation sites (tertiary alicyclic amines) is 1. The zero-order valence-electron chi connectivity index (χ0n) is 15.4.